The number of nitrogens with zero attached hydrogens (tertiary/aromatic N) is 3. The Bertz CT molecular complexity index is 1070. The van der Waals surface area contributed by atoms with Gasteiger partial charge in [-0.3, -0.25) is 9.59 Å². The Morgan fingerprint density at radius 1 is 1.10 bits per heavy atom. The number of carbonyl (C=O) groups excluding carboxylic acids is 2. The quantitative estimate of drug-likeness (QED) is 0.697. The molecule has 0 radical (unpaired) electrons. The Labute approximate surface area is 174 Å². The van der Waals surface area contributed by atoms with Gasteiger partial charge in [0.15, 0.2) is 0 Å². The van der Waals surface area contributed by atoms with Crippen molar-refractivity contribution in [2.45, 2.75) is 31.6 Å². The highest BCUT2D eigenvalue weighted by atomic mass is 16.5. The molecule has 2 fully saturated rings. The van der Waals surface area contributed by atoms with Crippen LogP contribution < -0.4 is 10.2 Å². The predicted molar refractivity (Wildman–Crippen MR) is 112 cm³/mol. The van der Waals surface area contributed by atoms with Crippen molar-refractivity contribution in [3.8, 4) is 11.4 Å². The summed E-state index contributed by atoms with van der Waals surface area (Å²) in [6, 6.07) is 16.8. The number of hydrogen-bond donors (Lipinski definition) is 1. The third kappa shape index (κ3) is 3.58. The summed E-state index contributed by atoms with van der Waals surface area (Å²) in [6.07, 6.45) is 3.58. The zero-order chi connectivity index (χ0) is 20.5. The van der Waals surface area contributed by atoms with E-state index in [1.54, 1.807) is 4.90 Å². The summed E-state index contributed by atoms with van der Waals surface area (Å²) in [5, 5.41) is 7.00. The van der Waals surface area contributed by atoms with E-state index in [4.69, 9.17) is 4.52 Å². The van der Waals surface area contributed by atoms with Crippen LogP contribution in [0.5, 0.6) is 0 Å². The number of rotatable bonds is 5. The molecule has 2 heterocycles. The third-order valence-electron chi connectivity index (χ3n) is 5.85. The summed E-state index contributed by atoms with van der Waals surface area (Å²) in [7, 11) is 0. The Balaban J connectivity index is 1.30. The number of anilines is 2. The summed E-state index contributed by atoms with van der Waals surface area (Å²) in [5.74, 6) is 0.996. The van der Waals surface area contributed by atoms with Crippen molar-refractivity contribution >= 4 is 23.2 Å². The van der Waals surface area contributed by atoms with Gasteiger partial charge in [-0.1, -0.05) is 41.9 Å². The Morgan fingerprint density at radius 2 is 1.93 bits per heavy atom. The molecule has 0 unspecified atom stereocenters. The standard InChI is InChI=1S/C23H22N4O3/c28-20-13-17(22(29)24-18-9-2-1-3-10-18)14-27(20)19-11-5-8-16(12-19)21-25-23(30-26-21)15-6-4-7-15/h1-3,5,8-12,15,17H,4,6-7,13-14H2,(H,24,29)/t17-/m1/s1. The number of hydrogen-bond acceptors (Lipinski definition) is 5. The van der Waals surface area contributed by atoms with Gasteiger partial charge < -0.3 is 14.7 Å². The molecule has 1 aliphatic heterocycles. The number of aromatic nitrogens is 2. The lowest BCUT2D eigenvalue weighted by Crippen LogP contribution is -2.28. The Hall–Kier alpha value is -3.48. The summed E-state index contributed by atoms with van der Waals surface area (Å²) >= 11 is 0. The predicted octanol–water partition coefficient (Wildman–Crippen LogP) is 4.00. The first kappa shape index (κ1) is 18.5. The molecular weight excluding hydrogens is 380 g/mol. The first-order chi connectivity index (χ1) is 14.7. The second-order valence-corrected chi connectivity index (χ2v) is 7.90. The van der Waals surface area contributed by atoms with E-state index in [1.165, 1.54) is 6.42 Å². The zero-order valence-electron chi connectivity index (χ0n) is 16.5. The highest BCUT2D eigenvalue weighted by Crippen LogP contribution is 2.36. The number of amides is 2. The minimum atomic E-state index is -0.392. The van der Waals surface area contributed by atoms with Crippen LogP contribution in [0.3, 0.4) is 0 Å². The fourth-order valence-corrected chi connectivity index (χ4v) is 3.88. The number of para-hydroxylation sites is 1. The first-order valence-corrected chi connectivity index (χ1v) is 10.3. The van der Waals surface area contributed by atoms with Gasteiger partial charge in [-0.2, -0.15) is 4.98 Å². The molecule has 5 rings (SSSR count). The normalized spacial score (nSPS) is 19.0. The fraction of sp³-hybridized carbons (Fsp3) is 0.304. The van der Waals surface area contributed by atoms with Gasteiger partial charge in [0, 0.05) is 35.8 Å². The van der Waals surface area contributed by atoms with Gasteiger partial charge in [-0.15, -0.1) is 0 Å². The molecule has 7 heteroatoms. The Morgan fingerprint density at radius 3 is 2.70 bits per heavy atom. The molecule has 2 aromatic carbocycles. The first-order valence-electron chi connectivity index (χ1n) is 10.3. The minimum absolute atomic E-state index is 0.0661. The average Bonchev–Trinajstić information content (AvgIpc) is 3.35. The van der Waals surface area contributed by atoms with Crippen LogP contribution in [0, 0.1) is 5.92 Å². The molecule has 30 heavy (non-hydrogen) atoms. The van der Waals surface area contributed by atoms with E-state index >= 15 is 0 Å². The van der Waals surface area contributed by atoms with E-state index in [2.05, 4.69) is 15.5 Å². The molecule has 1 N–H and O–H groups in total. The van der Waals surface area contributed by atoms with Gasteiger partial charge in [0.25, 0.3) is 0 Å². The Kier molecular flexibility index (Phi) is 4.78. The van der Waals surface area contributed by atoms with Gasteiger partial charge >= 0.3 is 0 Å². The van der Waals surface area contributed by atoms with E-state index in [0.29, 0.717) is 24.2 Å². The maximum Gasteiger partial charge on any atom is 0.230 e. The fourth-order valence-electron chi connectivity index (χ4n) is 3.88. The molecule has 1 aromatic heterocycles. The van der Waals surface area contributed by atoms with Crippen LogP contribution in [0.2, 0.25) is 0 Å². The SMILES string of the molecule is O=C(Nc1ccccc1)[C@@H]1CC(=O)N(c2cccc(-c3noc(C4CCC4)n3)c2)C1. The van der Waals surface area contributed by atoms with E-state index < -0.39 is 5.92 Å². The van der Waals surface area contributed by atoms with Crippen LogP contribution >= 0.6 is 0 Å². The van der Waals surface area contributed by atoms with E-state index in [9.17, 15) is 9.59 Å². The van der Waals surface area contributed by atoms with Crippen LogP contribution in [0.4, 0.5) is 11.4 Å². The van der Waals surface area contributed by atoms with Crippen molar-refractivity contribution in [1.29, 1.82) is 0 Å². The lowest BCUT2D eigenvalue weighted by atomic mass is 9.85. The largest absolute Gasteiger partial charge is 0.339 e. The minimum Gasteiger partial charge on any atom is -0.339 e. The second-order valence-electron chi connectivity index (χ2n) is 7.90. The highest BCUT2D eigenvalue weighted by molar-refractivity contribution is 6.03. The number of benzene rings is 2. The van der Waals surface area contributed by atoms with Gasteiger partial charge in [0.05, 0.1) is 5.92 Å². The maximum absolute atomic E-state index is 12.6. The molecule has 2 amide bonds. The summed E-state index contributed by atoms with van der Waals surface area (Å²) in [5.41, 5.74) is 2.27. The van der Waals surface area contributed by atoms with Crippen LogP contribution in [-0.2, 0) is 9.59 Å². The molecule has 1 atom stereocenters. The van der Waals surface area contributed by atoms with Gasteiger partial charge in [-0.05, 0) is 37.1 Å². The molecule has 1 saturated carbocycles. The van der Waals surface area contributed by atoms with Crippen molar-refractivity contribution in [2.75, 3.05) is 16.8 Å². The van der Waals surface area contributed by atoms with Gasteiger partial charge in [0.2, 0.25) is 23.5 Å². The summed E-state index contributed by atoms with van der Waals surface area (Å²) < 4.78 is 5.42. The van der Waals surface area contributed by atoms with Crippen LogP contribution in [0.15, 0.2) is 59.1 Å². The topological polar surface area (TPSA) is 88.3 Å². The molecule has 1 saturated heterocycles. The highest BCUT2D eigenvalue weighted by Gasteiger charge is 2.35. The summed E-state index contributed by atoms with van der Waals surface area (Å²) in [6.45, 7) is 0.348. The monoisotopic (exact) mass is 402 g/mol. The molecule has 0 spiro atoms. The van der Waals surface area contributed by atoms with Crippen molar-refractivity contribution in [3.63, 3.8) is 0 Å². The number of carbonyl (C=O) groups is 2. The molecular formula is C23H22N4O3. The molecule has 1 aliphatic carbocycles. The maximum atomic E-state index is 12.6. The lowest BCUT2D eigenvalue weighted by Gasteiger charge is -2.20. The smallest absolute Gasteiger partial charge is 0.230 e. The van der Waals surface area contributed by atoms with Crippen LogP contribution in [0.25, 0.3) is 11.4 Å². The van der Waals surface area contributed by atoms with Gasteiger partial charge in [0.1, 0.15) is 0 Å². The van der Waals surface area contributed by atoms with Crippen molar-refractivity contribution in [3.05, 3.63) is 60.5 Å². The lowest BCUT2D eigenvalue weighted by molar-refractivity contribution is -0.122. The van der Waals surface area contributed by atoms with Crippen LogP contribution in [-0.4, -0.2) is 28.5 Å². The molecule has 152 valence electrons. The average molecular weight is 402 g/mol. The molecule has 2 aliphatic rings. The van der Waals surface area contributed by atoms with Crippen LogP contribution in [0.1, 0.15) is 37.5 Å². The number of nitrogens with one attached hydrogen (secondary N) is 1. The third-order valence-corrected chi connectivity index (χ3v) is 5.85. The zero-order valence-corrected chi connectivity index (χ0v) is 16.5. The van der Waals surface area contributed by atoms with E-state index in [1.807, 2.05) is 54.6 Å². The summed E-state index contributed by atoms with van der Waals surface area (Å²) in [4.78, 5) is 31.4. The van der Waals surface area contributed by atoms with Gasteiger partial charge in [-0.25, -0.2) is 0 Å². The van der Waals surface area contributed by atoms with Crippen molar-refractivity contribution in [1.82, 2.24) is 10.1 Å². The molecule has 3 aromatic rings. The molecule has 0 bridgehead atoms. The van der Waals surface area contributed by atoms with E-state index in [0.717, 1.165) is 29.8 Å². The molecule has 7 nitrogen and oxygen atoms in total. The second kappa shape index (κ2) is 7.74. The van der Waals surface area contributed by atoms with Crippen molar-refractivity contribution < 1.29 is 14.1 Å². The van der Waals surface area contributed by atoms with E-state index in [-0.39, 0.29) is 18.2 Å². The van der Waals surface area contributed by atoms with Crippen molar-refractivity contribution in [2.24, 2.45) is 5.92 Å².